The molecular formula is C19H23N3OS. The van der Waals surface area contributed by atoms with Crippen LogP contribution in [0.2, 0.25) is 0 Å². The van der Waals surface area contributed by atoms with Crippen molar-refractivity contribution in [2.24, 2.45) is 10.7 Å². The number of fused-ring (bicyclic) bond motifs is 1. The first-order valence-corrected chi connectivity index (χ1v) is 9.50. The molecule has 1 unspecified atom stereocenters. The van der Waals surface area contributed by atoms with E-state index in [4.69, 9.17) is 10.5 Å². The largest absolute Gasteiger partial charge is 0.493 e. The van der Waals surface area contributed by atoms with E-state index in [2.05, 4.69) is 46.9 Å². The number of nitrogens with one attached hydrogen (secondary N) is 1. The van der Waals surface area contributed by atoms with E-state index in [9.17, 15) is 0 Å². The van der Waals surface area contributed by atoms with Gasteiger partial charge in [-0.05, 0) is 23.4 Å². The molecule has 126 valence electrons. The molecule has 0 aliphatic carbocycles. The maximum Gasteiger partial charge on any atom is 0.189 e. The second-order valence-electron chi connectivity index (χ2n) is 5.82. The molecule has 5 heteroatoms. The highest BCUT2D eigenvalue weighted by molar-refractivity contribution is 7.97. The number of benzene rings is 2. The first kappa shape index (κ1) is 16.7. The van der Waals surface area contributed by atoms with E-state index in [-0.39, 0.29) is 6.04 Å². The summed E-state index contributed by atoms with van der Waals surface area (Å²) in [7, 11) is 0. The number of thioether (sulfide) groups is 1. The molecule has 0 fully saturated rings. The third-order valence-electron chi connectivity index (χ3n) is 4.05. The van der Waals surface area contributed by atoms with Crippen LogP contribution in [0.15, 0.2) is 53.5 Å². The van der Waals surface area contributed by atoms with Crippen LogP contribution in [0.4, 0.5) is 0 Å². The lowest BCUT2D eigenvalue weighted by atomic mass is 10.0. The molecule has 4 nitrogen and oxygen atoms in total. The summed E-state index contributed by atoms with van der Waals surface area (Å²) in [4.78, 5) is 4.47. The second kappa shape index (κ2) is 8.11. The maximum absolute atomic E-state index is 6.08. The minimum Gasteiger partial charge on any atom is -0.493 e. The number of aliphatic imine (C=N–C) groups is 1. The SMILES string of the molecule is CSCc1ccc(CN=C(N)NC2CCOc3ccccc32)cc1. The van der Waals surface area contributed by atoms with Gasteiger partial charge < -0.3 is 15.8 Å². The zero-order valence-corrected chi connectivity index (χ0v) is 14.7. The van der Waals surface area contributed by atoms with Crippen molar-refractivity contribution in [3.05, 3.63) is 65.2 Å². The lowest BCUT2D eigenvalue weighted by Gasteiger charge is -2.26. The molecule has 2 aromatic rings. The lowest BCUT2D eigenvalue weighted by Crippen LogP contribution is -2.37. The summed E-state index contributed by atoms with van der Waals surface area (Å²) in [6.07, 6.45) is 3.00. The number of para-hydroxylation sites is 1. The van der Waals surface area contributed by atoms with Crippen LogP contribution in [0, 0.1) is 0 Å². The highest BCUT2D eigenvalue weighted by Crippen LogP contribution is 2.31. The standard InChI is InChI=1S/C19H23N3OS/c1-24-13-15-8-6-14(7-9-15)12-21-19(20)22-17-10-11-23-18-5-3-2-4-16(17)18/h2-9,17H,10-13H2,1H3,(H3,20,21,22). The third-order valence-corrected chi connectivity index (χ3v) is 4.67. The van der Waals surface area contributed by atoms with E-state index in [0.717, 1.165) is 29.1 Å². The molecule has 0 aromatic heterocycles. The lowest BCUT2D eigenvalue weighted by molar-refractivity contribution is 0.262. The van der Waals surface area contributed by atoms with Crippen LogP contribution in [-0.2, 0) is 12.3 Å². The Labute approximate surface area is 147 Å². The van der Waals surface area contributed by atoms with Crippen LogP contribution in [0.5, 0.6) is 5.75 Å². The van der Waals surface area contributed by atoms with Crippen molar-refractivity contribution >= 4 is 17.7 Å². The van der Waals surface area contributed by atoms with Crippen LogP contribution >= 0.6 is 11.8 Å². The molecule has 0 bridgehead atoms. The fourth-order valence-corrected chi connectivity index (χ4v) is 3.33. The molecule has 1 aliphatic rings. The molecule has 0 amide bonds. The predicted octanol–water partition coefficient (Wildman–Crippen LogP) is 3.48. The summed E-state index contributed by atoms with van der Waals surface area (Å²) in [6.45, 7) is 1.28. The van der Waals surface area contributed by atoms with Gasteiger partial charge in [0.1, 0.15) is 5.75 Å². The maximum atomic E-state index is 6.08. The van der Waals surface area contributed by atoms with Gasteiger partial charge in [0.05, 0.1) is 19.2 Å². The molecular weight excluding hydrogens is 318 g/mol. The van der Waals surface area contributed by atoms with Gasteiger partial charge in [-0.3, -0.25) is 0 Å². The van der Waals surface area contributed by atoms with E-state index >= 15 is 0 Å². The molecule has 0 spiro atoms. The Morgan fingerprint density at radius 3 is 2.75 bits per heavy atom. The Hall–Kier alpha value is -2.14. The molecule has 1 heterocycles. The Morgan fingerprint density at radius 1 is 1.21 bits per heavy atom. The molecule has 0 radical (unpaired) electrons. The molecule has 24 heavy (non-hydrogen) atoms. The number of nitrogens with zero attached hydrogens (tertiary/aromatic N) is 1. The van der Waals surface area contributed by atoms with Gasteiger partial charge in [0.15, 0.2) is 5.96 Å². The van der Waals surface area contributed by atoms with Crippen LogP contribution in [0.25, 0.3) is 0 Å². The van der Waals surface area contributed by atoms with Crippen molar-refractivity contribution in [3.8, 4) is 5.75 Å². The minimum absolute atomic E-state index is 0.155. The van der Waals surface area contributed by atoms with E-state index in [1.165, 1.54) is 5.56 Å². The van der Waals surface area contributed by atoms with E-state index in [1.807, 2.05) is 30.0 Å². The summed E-state index contributed by atoms with van der Waals surface area (Å²) in [6, 6.07) is 16.8. The Morgan fingerprint density at radius 2 is 1.96 bits per heavy atom. The number of nitrogens with two attached hydrogens (primary N) is 1. The van der Waals surface area contributed by atoms with Crippen LogP contribution in [-0.4, -0.2) is 18.8 Å². The van der Waals surface area contributed by atoms with Gasteiger partial charge in [-0.15, -0.1) is 0 Å². The average molecular weight is 341 g/mol. The summed E-state index contributed by atoms with van der Waals surface area (Å²) >= 11 is 1.82. The Bertz CT molecular complexity index is 700. The fraction of sp³-hybridized carbons (Fsp3) is 0.316. The van der Waals surface area contributed by atoms with Crippen LogP contribution < -0.4 is 15.8 Å². The zero-order valence-electron chi connectivity index (χ0n) is 13.9. The zero-order chi connectivity index (χ0) is 16.8. The van der Waals surface area contributed by atoms with Gasteiger partial charge >= 0.3 is 0 Å². The number of hydrogen-bond acceptors (Lipinski definition) is 3. The van der Waals surface area contributed by atoms with Crippen molar-refractivity contribution in [1.29, 1.82) is 0 Å². The summed E-state index contributed by atoms with van der Waals surface area (Å²) in [5, 5.41) is 3.32. The molecule has 0 saturated heterocycles. The Kier molecular flexibility index (Phi) is 5.64. The van der Waals surface area contributed by atoms with Gasteiger partial charge in [-0.2, -0.15) is 11.8 Å². The molecule has 2 aromatic carbocycles. The minimum atomic E-state index is 0.155. The average Bonchev–Trinajstić information content (AvgIpc) is 2.62. The predicted molar refractivity (Wildman–Crippen MR) is 101 cm³/mol. The van der Waals surface area contributed by atoms with E-state index in [0.29, 0.717) is 19.1 Å². The fourth-order valence-electron chi connectivity index (χ4n) is 2.80. The van der Waals surface area contributed by atoms with Crippen molar-refractivity contribution in [1.82, 2.24) is 5.32 Å². The van der Waals surface area contributed by atoms with E-state index in [1.54, 1.807) is 0 Å². The molecule has 0 saturated carbocycles. The van der Waals surface area contributed by atoms with Crippen molar-refractivity contribution in [2.45, 2.75) is 24.8 Å². The van der Waals surface area contributed by atoms with Crippen molar-refractivity contribution in [3.63, 3.8) is 0 Å². The second-order valence-corrected chi connectivity index (χ2v) is 6.69. The third kappa shape index (κ3) is 4.23. The van der Waals surface area contributed by atoms with Crippen LogP contribution in [0.1, 0.15) is 29.2 Å². The van der Waals surface area contributed by atoms with Gasteiger partial charge in [-0.1, -0.05) is 42.5 Å². The normalized spacial score (nSPS) is 17.0. The van der Waals surface area contributed by atoms with Gasteiger partial charge in [0.2, 0.25) is 0 Å². The summed E-state index contributed by atoms with van der Waals surface area (Å²) in [5.41, 5.74) is 9.72. The number of guanidine groups is 1. The smallest absolute Gasteiger partial charge is 0.189 e. The van der Waals surface area contributed by atoms with Crippen molar-refractivity contribution < 1.29 is 4.74 Å². The quantitative estimate of drug-likeness (QED) is 0.646. The molecule has 3 N–H and O–H groups in total. The highest BCUT2D eigenvalue weighted by atomic mass is 32.2. The summed E-state index contributed by atoms with van der Waals surface area (Å²) in [5.74, 6) is 2.44. The molecule has 3 rings (SSSR count). The molecule has 1 atom stereocenters. The Balaban J connectivity index is 1.61. The topological polar surface area (TPSA) is 59.6 Å². The first-order chi connectivity index (χ1) is 11.8. The monoisotopic (exact) mass is 341 g/mol. The number of hydrogen-bond donors (Lipinski definition) is 2. The van der Waals surface area contributed by atoms with Crippen LogP contribution in [0.3, 0.4) is 0 Å². The van der Waals surface area contributed by atoms with Gasteiger partial charge in [0.25, 0.3) is 0 Å². The van der Waals surface area contributed by atoms with Gasteiger partial charge in [-0.25, -0.2) is 4.99 Å². The molecule has 1 aliphatic heterocycles. The first-order valence-electron chi connectivity index (χ1n) is 8.11. The number of rotatable bonds is 5. The van der Waals surface area contributed by atoms with E-state index < -0.39 is 0 Å². The summed E-state index contributed by atoms with van der Waals surface area (Å²) < 4.78 is 5.67. The number of ether oxygens (including phenoxy) is 1. The van der Waals surface area contributed by atoms with Crippen molar-refractivity contribution in [2.75, 3.05) is 12.9 Å². The highest BCUT2D eigenvalue weighted by Gasteiger charge is 2.21. The van der Waals surface area contributed by atoms with Gasteiger partial charge in [0, 0.05) is 17.7 Å².